The van der Waals surface area contributed by atoms with Crippen LogP contribution in [0.15, 0.2) is 46.0 Å². The van der Waals surface area contributed by atoms with E-state index in [1.165, 1.54) is 22.7 Å². The van der Waals surface area contributed by atoms with Crippen LogP contribution in [0.1, 0.15) is 25.8 Å². The molecule has 1 aromatic carbocycles. The highest BCUT2D eigenvalue weighted by Gasteiger charge is 2.60. The van der Waals surface area contributed by atoms with Crippen LogP contribution in [0.25, 0.3) is 10.9 Å². The number of hydrogen-bond donors (Lipinski definition) is 5. The topological polar surface area (TPSA) is 192 Å². The van der Waals surface area contributed by atoms with Crippen molar-refractivity contribution in [3.63, 3.8) is 0 Å². The normalized spacial score (nSPS) is 27.4. The van der Waals surface area contributed by atoms with E-state index in [9.17, 15) is 33.0 Å². The SMILES string of the molecule is C[C@@H](O)[C@H]1C(=O)N2C(C(=O)O)=C(S[C@@H]3CN[C@H](C(=O)NCc4ccc5ccc(S(N)(=O)=O)nc5c4)C3)[C@H](C)[C@H]12. The van der Waals surface area contributed by atoms with Crippen LogP contribution in [0.4, 0.5) is 0 Å². The molecule has 1 aromatic heterocycles. The van der Waals surface area contributed by atoms with E-state index in [0.29, 0.717) is 23.4 Å². The minimum atomic E-state index is -3.94. The number of carboxylic acid groups (broad SMARTS) is 1. The Morgan fingerprint density at radius 3 is 2.69 bits per heavy atom. The first kappa shape index (κ1) is 27.5. The molecule has 208 valence electrons. The predicted molar refractivity (Wildman–Crippen MR) is 142 cm³/mol. The van der Waals surface area contributed by atoms with Crippen LogP contribution < -0.4 is 15.8 Å². The third-order valence-electron chi connectivity index (χ3n) is 7.50. The lowest BCUT2D eigenvalue weighted by molar-refractivity contribution is -0.163. The quantitative estimate of drug-likeness (QED) is 0.270. The van der Waals surface area contributed by atoms with E-state index in [-0.39, 0.29) is 46.3 Å². The standard InChI is InChI=1S/C25H29N5O7S2/c1-11-20-19(12(2)31)24(33)30(20)21(25(34)35)22(11)38-15-8-17(27-10-15)23(32)28-9-13-3-4-14-5-6-18(39(26,36)37)29-16(14)7-13/h3-7,11-12,15,17,19-20,27,31H,8-10H2,1-2H3,(H,28,32)(H,34,35)(H2,26,36,37)/t11-,12-,15+,17+,19-,20-/m1/s1. The van der Waals surface area contributed by atoms with Gasteiger partial charge in [-0.3, -0.25) is 9.59 Å². The summed E-state index contributed by atoms with van der Waals surface area (Å²) in [5.74, 6) is -2.62. The number of pyridine rings is 1. The van der Waals surface area contributed by atoms with Crippen molar-refractivity contribution in [3.8, 4) is 0 Å². The lowest BCUT2D eigenvalue weighted by Crippen LogP contribution is -2.63. The average Bonchev–Trinajstić information content (AvgIpc) is 3.43. The maximum atomic E-state index is 12.9. The van der Waals surface area contributed by atoms with Crippen molar-refractivity contribution in [2.75, 3.05) is 6.54 Å². The molecule has 0 aliphatic carbocycles. The molecule has 2 amide bonds. The van der Waals surface area contributed by atoms with Crippen molar-refractivity contribution in [3.05, 3.63) is 46.5 Å². The molecule has 0 spiro atoms. The fraction of sp³-hybridized carbons (Fsp3) is 0.440. The molecule has 2 aromatic rings. The fourth-order valence-corrected chi connectivity index (χ4v) is 7.54. The lowest BCUT2D eigenvalue weighted by atomic mass is 9.79. The van der Waals surface area contributed by atoms with Crippen LogP contribution in [-0.2, 0) is 31.0 Å². The molecule has 14 heteroatoms. The number of benzene rings is 1. The number of carbonyl (C=O) groups excluding carboxylic acids is 2. The maximum Gasteiger partial charge on any atom is 0.353 e. The van der Waals surface area contributed by atoms with Crippen LogP contribution in [0.2, 0.25) is 0 Å². The second kappa shape index (κ2) is 10.2. The van der Waals surface area contributed by atoms with Crippen LogP contribution in [-0.4, -0.2) is 76.3 Å². The van der Waals surface area contributed by atoms with E-state index in [0.717, 1.165) is 10.9 Å². The number of aliphatic carboxylic acids is 1. The highest BCUT2D eigenvalue weighted by atomic mass is 32.2. The molecule has 3 aliphatic heterocycles. The zero-order valence-corrected chi connectivity index (χ0v) is 22.8. The number of carbonyl (C=O) groups is 3. The molecule has 0 radical (unpaired) electrons. The van der Waals surface area contributed by atoms with Gasteiger partial charge in [0.05, 0.1) is 29.6 Å². The number of aromatic nitrogens is 1. The minimum absolute atomic E-state index is 0.0252. The maximum absolute atomic E-state index is 12.9. The van der Waals surface area contributed by atoms with E-state index < -0.39 is 34.1 Å². The Balaban J connectivity index is 1.22. The number of nitrogens with one attached hydrogen (secondary N) is 2. The van der Waals surface area contributed by atoms with Gasteiger partial charge in [-0.15, -0.1) is 11.8 Å². The van der Waals surface area contributed by atoms with Crippen molar-refractivity contribution in [2.45, 2.75) is 55.3 Å². The Hall–Kier alpha value is -3.04. The van der Waals surface area contributed by atoms with Crippen molar-refractivity contribution >= 4 is 50.5 Å². The van der Waals surface area contributed by atoms with Gasteiger partial charge in [0, 0.05) is 34.5 Å². The summed E-state index contributed by atoms with van der Waals surface area (Å²) in [7, 11) is -3.94. The third kappa shape index (κ3) is 5.02. The number of thioether (sulfide) groups is 1. The van der Waals surface area contributed by atoms with E-state index in [1.807, 2.05) is 13.0 Å². The Bertz CT molecular complexity index is 1510. The Morgan fingerprint density at radius 2 is 2.03 bits per heavy atom. The van der Waals surface area contributed by atoms with Crippen LogP contribution >= 0.6 is 11.8 Å². The number of primary sulfonamides is 1. The first-order valence-electron chi connectivity index (χ1n) is 12.5. The third-order valence-corrected chi connectivity index (χ3v) is 9.82. The zero-order chi connectivity index (χ0) is 28.2. The van der Waals surface area contributed by atoms with Gasteiger partial charge in [-0.2, -0.15) is 0 Å². The van der Waals surface area contributed by atoms with Crippen LogP contribution in [0.5, 0.6) is 0 Å². The summed E-state index contributed by atoms with van der Waals surface area (Å²) in [4.78, 5) is 43.5. The Kier molecular flexibility index (Phi) is 7.18. The summed E-state index contributed by atoms with van der Waals surface area (Å²) in [6, 6.07) is 7.38. The first-order valence-corrected chi connectivity index (χ1v) is 14.9. The molecule has 6 atom stereocenters. The molecule has 4 heterocycles. The summed E-state index contributed by atoms with van der Waals surface area (Å²) in [5, 5.41) is 31.5. The molecule has 6 N–H and O–H groups in total. The number of sulfonamides is 1. The molecular formula is C25H29N5O7S2. The number of carboxylic acids is 1. The van der Waals surface area contributed by atoms with E-state index in [4.69, 9.17) is 5.14 Å². The zero-order valence-electron chi connectivity index (χ0n) is 21.2. The molecular weight excluding hydrogens is 546 g/mol. The molecule has 12 nitrogen and oxygen atoms in total. The summed E-state index contributed by atoms with van der Waals surface area (Å²) < 4.78 is 23.2. The van der Waals surface area contributed by atoms with Gasteiger partial charge in [0.1, 0.15) is 5.70 Å². The second-order valence-corrected chi connectivity index (χ2v) is 13.0. The molecule has 5 rings (SSSR count). The molecule has 3 aliphatic rings. The van der Waals surface area contributed by atoms with Gasteiger partial charge in [0.15, 0.2) is 5.03 Å². The van der Waals surface area contributed by atoms with Crippen molar-refractivity contribution in [2.24, 2.45) is 17.0 Å². The van der Waals surface area contributed by atoms with Gasteiger partial charge in [0.25, 0.3) is 10.0 Å². The number of rotatable bonds is 8. The predicted octanol–water partition coefficient (Wildman–Crippen LogP) is 0.116. The largest absolute Gasteiger partial charge is 0.477 e. The average molecular weight is 576 g/mol. The lowest BCUT2D eigenvalue weighted by Gasteiger charge is -2.46. The summed E-state index contributed by atoms with van der Waals surface area (Å²) in [5.41, 5.74) is 1.15. The highest BCUT2D eigenvalue weighted by molar-refractivity contribution is 8.03. The Morgan fingerprint density at radius 1 is 1.31 bits per heavy atom. The number of aliphatic hydroxyl groups is 1. The van der Waals surface area contributed by atoms with Crippen molar-refractivity contribution in [1.82, 2.24) is 20.5 Å². The van der Waals surface area contributed by atoms with E-state index >= 15 is 0 Å². The van der Waals surface area contributed by atoms with Gasteiger partial charge in [0.2, 0.25) is 11.8 Å². The van der Waals surface area contributed by atoms with Crippen molar-refractivity contribution < 1.29 is 33.0 Å². The smallest absolute Gasteiger partial charge is 0.353 e. The highest BCUT2D eigenvalue weighted by Crippen LogP contribution is 2.51. The number of nitrogens with two attached hydrogens (primary N) is 1. The number of hydrogen-bond acceptors (Lipinski definition) is 9. The number of β-lactam (4-membered cyclic amide) rings is 1. The van der Waals surface area contributed by atoms with Gasteiger partial charge in [-0.05, 0) is 37.1 Å². The molecule has 39 heavy (non-hydrogen) atoms. The van der Waals surface area contributed by atoms with Gasteiger partial charge in [-0.1, -0.05) is 19.1 Å². The minimum Gasteiger partial charge on any atom is -0.477 e. The van der Waals surface area contributed by atoms with E-state index in [2.05, 4.69) is 15.6 Å². The molecule has 0 saturated carbocycles. The molecule has 0 bridgehead atoms. The molecule has 2 fully saturated rings. The van der Waals surface area contributed by atoms with Gasteiger partial charge in [-0.25, -0.2) is 23.3 Å². The Labute approximate surface area is 229 Å². The first-order chi connectivity index (χ1) is 18.4. The number of aliphatic hydroxyl groups excluding tert-OH is 1. The number of amides is 2. The summed E-state index contributed by atoms with van der Waals surface area (Å²) in [6.07, 6.45) is -0.398. The summed E-state index contributed by atoms with van der Waals surface area (Å²) >= 11 is 1.38. The van der Waals surface area contributed by atoms with Crippen molar-refractivity contribution in [1.29, 1.82) is 0 Å². The number of nitrogens with zero attached hydrogens (tertiary/aromatic N) is 2. The fourth-order valence-electron chi connectivity index (χ4n) is 5.58. The van der Waals surface area contributed by atoms with Gasteiger partial charge >= 0.3 is 5.97 Å². The molecule has 2 saturated heterocycles. The molecule has 0 unspecified atom stereocenters. The number of fused-ring (bicyclic) bond motifs is 2. The second-order valence-electron chi connectivity index (χ2n) is 10.1. The van der Waals surface area contributed by atoms with E-state index in [1.54, 1.807) is 25.1 Å². The van der Waals surface area contributed by atoms with Gasteiger partial charge < -0.3 is 25.7 Å². The van der Waals surface area contributed by atoms with Crippen LogP contribution in [0.3, 0.4) is 0 Å². The monoisotopic (exact) mass is 575 g/mol. The summed E-state index contributed by atoms with van der Waals surface area (Å²) in [6.45, 7) is 4.10. The van der Waals surface area contributed by atoms with Crippen LogP contribution in [0, 0.1) is 11.8 Å².